The molecule has 0 aromatic carbocycles. The number of alkyl halides is 3. The molecular formula is C13H18F3IOS. The molecule has 4 atom stereocenters. The SMILES string of the molecule is C=C1CCC2C(CCC(OSI)(C(F)(F)F)C2C)C1. The average Bonchev–Trinajstić information content (AvgIpc) is 2.31. The highest BCUT2D eigenvalue weighted by Crippen LogP contribution is 2.57. The Balaban J connectivity index is 2.26. The van der Waals surface area contributed by atoms with Gasteiger partial charge in [0, 0.05) is 21.2 Å². The molecule has 0 aromatic heterocycles. The minimum absolute atomic E-state index is 0.0715. The molecule has 110 valence electrons. The second kappa shape index (κ2) is 5.75. The highest BCUT2D eigenvalue weighted by Gasteiger charge is 2.63. The molecule has 0 radical (unpaired) electrons. The summed E-state index contributed by atoms with van der Waals surface area (Å²) in [6, 6.07) is 0. The number of rotatable bonds is 2. The predicted octanol–water partition coefficient (Wildman–Crippen LogP) is 5.70. The minimum Gasteiger partial charge on any atom is -0.289 e. The topological polar surface area (TPSA) is 9.23 Å². The summed E-state index contributed by atoms with van der Waals surface area (Å²) in [5, 5.41) is 0. The zero-order chi connectivity index (χ0) is 14.3. The molecule has 6 heteroatoms. The molecule has 0 aromatic rings. The fourth-order valence-corrected chi connectivity index (χ4v) is 5.20. The van der Waals surface area contributed by atoms with Gasteiger partial charge in [0.05, 0.1) is 9.21 Å². The van der Waals surface area contributed by atoms with Crippen molar-refractivity contribution in [1.29, 1.82) is 0 Å². The van der Waals surface area contributed by atoms with Gasteiger partial charge in [0.1, 0.15) is 0 Å². The van der Waals surface area contributed by atoms with Crippen LogP contribution in [0, 0.1) is 17.8 Å². The third kappa shape index (κ3) is 2.81. The van der Waals surface area contributed by atoms with Crippen molar-refractivity contribution in [3.63, 3.8) is 0 Å². The van der Waals surface area contributed by atoms with Crippen LogP contribution >= 0.6 is 30.4 Å². The van der Waals surface area contributed by atoms with Gasteiger partial charge in [-0.25, -0.2) is 0 Å². The third-order valence-corrected chi connectivity index (χ3v) is 5.81. The molecule has 19 heavy (non-hydrogen) atoms. The smallest absolute Gasteiger partial charge is 0.289 e. The lowest BCUT2D eigenvalue weighted by Gasteiger charge is -2.51. The summed E-state index contributed by atoms with van der Waals surface area (Å²) >= 11 is 1.78. The molecule has 0 heterocycles. The Morgan fingerprint density at radius 3 is 2.68 bits per heavy atom. The zero-order valence-electron chi connectivity index (χ0n) is 10.8. The molecule has 0 saturated heterocycles. The van der Waals surface area contributed by atoms with E-state index in [9.17, 15) is 13.2 Å². The number of halogens is 4. The van der Waals surface area contributed by atoms with Gasteiger partial charge in [0.25, 0.3) is 0 Å². The van der Waals surface area contributed by atoms with Crippen LogP contribution < -0.4 is 0 Å². The summed E-state index contributed by atoms with van der Waals surface area (Å²) in [6.07, 6.45) is -1.08. The molecule has 0 bridgehead atoms. The maximum Gasteiger partial charge on any atom is 0.419 e. The first-order valence-electron chi connectivity index (χ1n) is 6.51. The Hall–Kier alpha value is 0.570. The fraction of sp³-hybridized carbons (Fsp3) is 0.846. The molecule has 2 rings (SSSR count). The van der Waals surface area contributed by atoms with Crippen molar-refractivity contribution < 1.29 is 17.4 Å². The van der Waals surface area contributed by atoms with Gasteiger partial charge in [-0.15, -0.1) is 0 Å². The molecule has 2 aliphatic rings. The molecule has 0 aliphatic heterocycles. The van der Waals surface area contributed by atoms with Gasteiger partial charge in [0.15, 0.2) is 5.60 Å². The van der Waals surface area contributed by atoms with Crippen LogP contribution in [0.1, 0.15) is 39.0 Å². The Bertz CT molecular complexity index is 360. The van der Waals surface area contributed by atoms with Gasteiger partial charge in [-0.3, -0.25) is 4.18 Å². The van der Waals surface area contributed by atoms with E-state index < -0.39 is 17.7 Å². The summed E-state index contributed by atoms with van der Waals surface area (Å²) in [7, 11) is 0.810. The van der Waals surface area contributed by atoms with Gasteiger partial charge < -0.3 is 0 Å². The van der Waals surface area contributed by atoms with Gasteiger partial charge in [-0.2, -0.15) is 13.2 Å². The molecule has 2 fully saturated rings. The Labute approximate surface area is 128 Å². The van der Waals surface area contributed by atoms with Gasteiger partial charge in [-0.05, 0) is 49.9 Å². The van der Waals surface area contributed by atoms with Crippen molar-refractivity contribution in [1.82, 2.24) is 0 Å². The number of hydrogen-bond donors (Lipinski definition) is 0. The van der Waals surface area contributed by atoms with E-state index in [4.69, 9.17) is 4.18 Å². The van der Waals surface area contributed by atoms with Crippen LogP contribution in [0.3, 0.4) is 0 Å². The van der Waals surface area contributed by atoms with Crippen LogP contribution in [0.15, 0.2) is 12.2 Å². The molecule has 0 N–H and O–H groups in total. The Morgan fingerprint density at radius 1 is 1.42 bits per heavy atom. The number of fused-ring (bicyclic) bond motifs is 1. The van der Waals surface area contributed by atoms with Crippen LogP contribution in [0.4, 0.5) is 13.2 Å². The average molecular weight is 406 g/mol. The zero-order valence-corrected chi connectivity index (χ0v) is 13.8. The summed E-state index contributed by atoms with van der Waals surface area (Å²) < 4.78 is 45.7. The van der Waals surface area contributed by atoms with Crippen molar-refractivity contribution in [2.24, 2.45) is 17.8 Å². The van der Waals surface area contributed by atoms with Crippen molar-refractivity contribution >= 4 is 30.4 Å². The normalized spacial score (nSPS) is 40.1. The minimum atomic E-state index is -4.30. The molecule has 4 unspecified atom stereocenters. The van der Waals surface area contributed by atoms with E-state index in [1.54, 1.807) is 28.1 Å². The lowest BCUT2D eigenvalue weighted by atomic mass is 9.59. The number of allylic oxidation sites excluding steroid dienone is 1. The lowest BCUT2D eigenvalue weighted by molar-refractivity contribution is -0.281. The van der Waals surface area contributed by atoms with Gasteiger partial charge >= 0.3 is 6.18 Å². The first kappa shape index (κ1) is 15.9. The molecule has 0 spiro atoms. The summed E-state index contributed by atoms with van der Waals surface area (Å²) in [4.78, 5) is 0. The predicted molar refractivity (Wildman–Crippen MR) is 79.9 cm³/mol. The summed E-state index contributed by atoms with van der Waals surface area (Å²) in [5.41, 5.74) is -0.782. The highest BCUT2D eigenvalue weighted by atomic mass is 127. The van der Waals surface area contributed by atoms with Crippen molar-refractivity contribution in [2.75, 3.05) is 0 Å². The largest absolute Gasteiger partial charge is 0.419 e. The van der Waals surface area contributed by atoms with E-state index in [1.807, 2.05) is 0 Å². The van der Waals surface area contributed by atoms with Crippen LogP contribution in [-0.2, 0) is 4.18 Å². The lowest BCUT2D eigenvalue weighted by Crippen LogP contribution is -2.57. The third-order valence-electron chi connectivity index (χ3n) is 4.91. The van der Waals surface area contributed by atoms with Crippen LogP contribution in [-0.4, -0.2) is 11.8 Å². The standard InChI is InChI=1S/C13H18F3IOS/c1-8-3-4-11-9(2)12(18-19-17,13(14,15)16)6-5-10(11)7-8/h9-11H,1,3-7H2,2H3. The maximum atomic E-state index is 13.5. The Morgan fingerprint density at radius 2 is 2.11 bits per heavy atom. The van der Waals surface area contributed by atoms with E-state index in [2.05, 4.69) is 6.58 Å². The Kier molecular flexibility index (Phi) is 4.83. The van der Waals surface area contributed by atoms with E-state index in [1.165, 1.54) is 5.57 Å². The van der Waals surface area contributed by atoms with Crippen molar-refractivity contribution in [3.05, 3.63) is 12.2 Å². The molecule has 2 saturated carbocycles. The molecule has 0 amide bonds. The van der Waals surface area contributed by atoms with E-state index >= 15 is 0 Å². The summed E-state index contributed by atoms with van der Waals surface area (Å²) in [6.45, 7) is 5.71. The van der Waals surface area contributed by atoms with E-state index in [0.29, 0.717) is 12.3 Å². The van der Waals surface area contributed by atoms with Gasteiger partial charge in [0.2, 0.25) is 0 Å². The second-order valence-electron chi connectivity index (χ2n) is 5.78. The van der Waals surface area contributed by atoms with Crippen molar-refractivity contribution in [2.45, 2.75) is 50.8 Å². The van der Waals surface area contributed by atoms with E-state index in [0.717, 1.165) is 28.5 Å². The van der Waals surface area contributed by atoms with Gasteiger partial charge in [-0.1, -0.05) is 19.1 Å². The molecule has 2 aliphatic carbocycles. The van der Waals surface area contributed by atoms with E-state index in [-0.39, 0.29) is 12.3 Å². The molecular weight excluding hydrogens is 388 g/mol. The highest BCUT2D eigenvalue weighted by molar-refractivity contribution is 14.2. The quantitative estimate of drug-likeness (QED) is 0.330. The first-order valence-corrected chi connectivity index (χ1v) is 9.80. The first-order chi connectivity index (χ1) is 8.82. The summed E-state index contributed by atoms with van der Waals surface area (Å²) in [5.74, 6) is -0.0272. The fourth-order valence-electron chi connectivity index (χ4n) is 3.80. The number of hydrogen-bond acceptors (Lipinski definition) is 2. The van der Waals surface area contributed by atoms with Crippen LogP contribution in [0.25, 0.3) is 0 Å². The van der Waals surface area contributed by atoms with Crippen LogP contribution in [0.2, 0.25) is 0 Å². The molecule has 1 nitrogen and oxygen atoms in total. The monoisotopic (exact) mass is 406 g/mol. The maximum absolute atomic E-state index is 13.5. The van der Waals surface area contributed by atoms with Crippen molar-refractivity contribution in [3.8, 4) is 0 Å². The van der Waals surface area contributed by atoms with Crippen LogP contribution in [0.5, 0.6) is 0 Å². The second-order valence-corrected chi connectivity index (χ2v) is 7.15.